The van der Waals surface area contributed by atoms with Gasteiger partial charge in [0.2, 0.25) is 0 Å². The predicted molar refractivity (Wildman–Crippen MR) is 107 cm³/mol. The van der Waals surface area contributed by atoms with Crippen molar-refractivity contribution in [2.45, 2.75) is 20.3 Å². The van der Waals surface area contributed by atoms with Crippen LogP contribution in [0.2, 0.25) is 0 Å². The lowest BCUT2D eigenvalue weighted by molar-refractivity contribution is 0.0772. The zero-order valence-corrected chi connectivity index (χ0v) is 16.8. The number of rotatable bonds is 9. The summed E-state index contributed by atoms with van der Waals surface area (Å²) < 4.78 is 10.5. The van der Waals surface area contributed by atoms with Crippen molar-refractivity contribution in [1.29, 1.82) is 0 Å². The fourth-order valence-electron chi connectivity index (χ4n) is 2.83. The number of carbonyl (C=O) groups is 2. The highest BCUT2D eigenvalue weighted by Crippen LogP contribution is 2.27. The Balaban J connectivity index is 1.98. The maximum atomic E-state index is 12.4. The molecule has 2 amide bonds. The molecule has 0 atom stereocenters. The Bertz CT molecular complexity index is 819. The molecule has 1 aromatic carbocycles. The SMILES string of the molecule is CCN(CC)C(=O)c1cncc(C(=O)NCCc2ccc(OC)c(OC)c2)c1. The van der Waals surface area contributed by atoms with Gasteiger partial charge in [-0.25, -0.2) is 0 Å². The van der Waals surface area contributed by atoms with Crippen LogP contribution in [-0.2, 0) is 6.42 Å². The molecule has 0 aliphatic carbocycles. The molecule has 0 aliphatic heterocycles. The Kier molecular flexibility index (Phi) is 7.80. The van der Waals surface area contributed by atoms with Crippen molar-refractivity contribution >= 4 is 11.8 Å². The number of nitrogens with one attached hydrogen (secondary N) is 1. The number of ether oxygens (including phenoxy) is 2. The molecule has 0 fully saturated rings. The van der Waals surface area contributed by atoms with Crippen molar-refractivity contribution in [3.8, 4) is 11.5 Å². The summed E-state index contributed by atoms with van der Waals surface area (Å²) >= 11 is 0. The van der Waals surface area contributed by atoms with E-state index in [1.807, 2.05) is 32.0 Å². The second kappa shape index (κ2) is 10.3. The Morgan fingerprint density at radius 1 is 1.00 bits per heavy atom. The molecule has 1 aromatic heterocycles. The maximum absolute atomic E-state index is 12.4. The van der Waals surface area contributed by atoms with Crippen molar-refractivity contribution < 1.29 is 19.1 Å². The van der Waals surface area contributed by atoms with Crippen molar-refractivity contribution in [1.82, 2.24) is 15.2 Å². The van der Waals surface area contributed by atoms with Crippen LogP contribution in [0.25, 0.3) is 0 Å². The highest BCUT2D eigenvalue weighted by atomic mass is 16.5. The lowest BCUT2D eigenvalue weighted by Gasteiger charge is -2.18. The molecule has 1 heterocycles. The summed E-state index contributed by atoms with van der Waals surface area (Å²) in [6, 6.07) is 7.23. The fourth-order valence-corrected chi connectivity index (χ4v) is 2.83. The molecule has 1 N–H and O–H groups in total. The minimum Gasteiger partial charge on any atom is -0.493 e. The molecular weight excluding hydrogens is 358 g/mol. The van der Waals surface area contributed by atoms with Gasteiger partial charge >= 0.3 is 0 Å². The van der Waals surface area contributed by atoms with Crippen LogP contribution >= 0.6 is 0 Å². The van der Waals surface area contributed by atoms with Gasteiger partial charge in [-0.05, 0) is 44.0 Å². The van der Waals surface area contributed by atoms with Crippen LogP contribution in [0, 0.1) is 0 Å². The third kappa shape index (κ3) is 5.22. The van der Waals surface area contributed by atoms with Crippen LogP contribution < -0.4 is 14.8 Å². The molecule has 0 saturated heterocycles. The number of carbonyl (C=O) groups excluding carboxylic acids is 2. The first kappa shape index (κ1) is 21.2. The molecular formula is C21H27N3O4. The first-order chi connectivity index (χ1) is 13.5. The molecule has 150 valence electrons. The Hall–Kier alpha value is -3.09. The number of pyridine rings is 1. The highest BCUT2D eigenvalue weighted by Gasteiger charge is 2.15. The Morgan fingerprint density at radius 2 is 1.68 bits per heavy atom. The monoisotopic (exact) mass is 385 g/mol. The summed E-state index contributed by atoms with van der Waals surface area (Å²) in [6.07, 6.45) is 3.59. The van der Waals surface area contributed by atoms with E-state index in [-0.39, 0.29) is 11.8 Å². The van der Waals surface area contributed by atoms with Gasteiger partial charge in [0.1, 0.15) is 0 Å². The van der Waals surface area contributed by atoms with E-state index in [1.54, 1.807) is 25.2 Å². The number of hydrogen-bond acceptors (Lipinski definition) is 5. The van der Waals surface area contributed by atoms with Crippen molar-refractivity contribution in [2.75, 3.05) is 33.9 Å². The van der Waals surface area contributed by atoms with E-state index in [2.05, 4.69) is 10.3 Å². The molecule has 0 bridgehead atoms. The average molecular weight is 385 g/mol. The van der Waals surface area contributed by atoms with E-state index in [4.69, 9.17) is 9.47 Å². The largest absolute Gasteiger partial charge is 0.493 e. The molecule has 0 aliphatic rings. The second-order valence-electron chi connectivity index (χ2n) is 6.13. The average Bonchev–Trinajstić information content (AvgIpc) is 2.74. The number of hydrogen-bond donors (Lipinski definition) is 1. The molecule has 2 aromatic rings. The second-order valence-corrected chi connectivity index (χ2v) is 6.13. The number of amides is 2. The minimum absolute atomic E-state index is 0.127. The lowest BCUT2D eigenvalue weighted by Crippen LogP contribution is -2.31. The molecule has 0 radical (unpaired) electrons. The normalized spacial score (nSPS) is 10.3. The molecule has 0 unspecified atom stereocenters. The van der Waals surface area contributed by atoms with Crippen LogP contribution in [0.3, 0.4) is 0 Å². The smallest absolute Gasteiger partial charge is 0.255 e. The highest BCUT2D eigenvalue weighted by molar-refractivity contribution is 5.99. The molecule has 7 heteroatoms. The van der Waals surface area contributed by atoms with Gasteiger partial charge in [-0.15, -0.1) is 0 Å². The minimum atomic E-state index is -0.262. The van der Waals surface area contributed by atoms with Crippen molar-refractivity contribution in [2.24, 2.45) is 0 Å². The van der Waals surface area contributed by atoms with Crippen LogP contribution in [0.1, 0.15) is 40.1 Å². The van der Waals surface area contributed by atoms with Gasteiger partial charge in [-0.3, -0.25) is 14.6 Å². The standard InChI is InChI=1S/C21H27N3O4/c1-5-24(6-2)21(26)17-12-16(13-22-14-17)20(25)23-10-9-15-7-8-18(27-3)19(11-15)28-4/h7-8,11-14H,5-6,9-10H2,1-4H3,(H,23,25). The topological polar surface area (TPSA) is 80.8 Å². The molecule has 0 spiro atoms. The fraction of sp³-hybridized carbons (Fsp3) is 0.381. The Labute approximate surface area is 165 Å². The quantitative estimate of drug-likeness (QED) is 0.717. The van der Waals surface area contributed by atoms with Crippen LogP contribution in [0.15, 0.2) is 36.7 Å². The number of aromatic nitrogens is 1. The number of nitrogens with zero attached hydrogens (tertiary/aromatic N) is 2. The summed E-state index contributed by atoms with van der Waals surface area (Å²) in [5, 5.41) is 2.86. The van der Waals surface area contributed by atoms with Gasteiger partial charge in [-0.1, -0.05) is 6.07 Å². The van der Waals surface area contributed by atoms with Gasteiger partial charge in [0.05, 0.1) is 25.3 Å². The van der Waals surface area contributed by atoms with Gasteiger partial charge in [0.15, 0.2) is 11.5 Å². The zero-order chi connectivity index (χ0) is 20.5. The number of methoxy groups -OCH3 is 2. The first-order valence-electron chi connectivity index (χ1n) is 9.27. The van der Waals surface area contributed by atoms with Gasteiger partial charge in [0, 0.05) is 32.0 Å². The molecule has 28 heavy (non-hydrogen) atoms. The van der Waals surface area contributed by atoms with E-state index >= 15 is 0 Å². The third-order valence-electron chi connectivity index (χ3n) is 4.45. The molecule has 2 rings (SSSR count). The summed E-state index contributed by atoms with van der Waals surface area (Å²) in [5.41, 5.74) is 1.79. The summed E-state index contributed by atoms with van der Waals surface area (Å²) in [4.78, 5) is 30.6. The van der Waals surface area contributed by atoms with E-state index < -0.39 is 0 Å². The van der Waals surface area contributed by atoms with Gasteiger partial charge in [-0.2, -0.15) is 0 Å². The van der Waals surface area contributed by atoms with Gasteiger partial charge in [0.25, 0.3) is 11.8 Å². The molecule has 0 saturated carbocycles. The van der Waals surface area contributed by atoms with E-state index in [1.165, 1.54) is 12.4 Å². The predicted octanol–water partition coefficient (Wildman–Crippen LogP) is 2.55. The summed E-state index contributed by atoms with van der Waals surface area (Å²) in [5.74, 6) is 0.925. The first-order valence-corrected chi connectivity index (χ1v) is 9.27. The summed E-state index contributed by atoms with van der Waals surface area (Å²) in [6.45, 7) is 5.50. The third-order valence-corrected chi connectivity index (χ3v) is 4.45. The summed E-state index contributed by atoms with van der Waals surface area (Å²) in [7, 11) is 3.17. The van der Waals surface area contributed by atoms with Crippen LogP contribution in [0.5, 0.6) is 11.5 Å². The van der Waals surface area contributed by atoms with Crippen molar-refractivity contribution in [3.63, 3.8) is 0 Å². The number of benzene rings is 1. The molecule has 7 nitrogen and oxygen atoms in total. The maximum Gasteiger partial charge on any atom is 0.255 e. The van der Waals surface area contributed by atoms with E-state index in [0.29, 0.717) is 48.7 Å². The van der Waals surface area contributed by atoms with Crippen molar-refractivity contribution in [3.05, 3.63) is 53.3 Å². The van der Waals surface area contributed by atoms with Crippen LogP contribution in [-0.4, -0.2) is 55.6 Å². The van der Waals surface area contributed by atoms with E-state index in [9.17, 15) is 9.59 Å². The van der Waals surface area contributed by atoms with E-state index in [0.717, 1.165) is 5.56 Å². The zero-order valence-electron chi connectivity index (χ0n) is 16.8. The lowest BCUT2D eigenvalue weighted by atomic mass is 10.1. The van der Waals surface area contributed by atoms with Gasteiger partial charge < -0.3 is 19.7 Å². The van der Waals surface area contributed by atoms with Crippen LogP contribution in [0.4, 0.5) is 0 Å². The Morgan fingerprint density at radius 3 is 2.32 bits per heavy atom.